The molecule has 0 aromatic rings. The molecule has 1 unspecified atom stereocenters. The number of unbranched alkanes of at least 4 members (excludes halogenated alkanes) is 9. The first-order chi connectivity index (χ1) is 12.2. The fourth-order valence-electron chi connectivity index (χ4n) is 2.41. The molecule has 25 heavy (non-hydrogen) atoms. The highest BCUT2D eigenvalue weighted by Gasteiger charge is 2.07. The van der Waals surface area contributed by atoms with Gasteiger partial charge in [-0.05, 0) is 32.1 Å². The zero-order valence-corrected chi connectivity index (χ0v) is 16.0. The summed E-state index contributed by atoms with van der Waals surface area (Å²) in [5.74, 6) is -0.291. The molecule has 0 fully saturated rings. The Morgan fingerprint density at radius 3 is 2.08 bits per heavy atom. The minimum Gasteiger partial charge on any atom is -0.463 e. The minimum absolute atomic E-state index is 0.114. The maximum atomic E-state index is 11.4. The highest BCUT2D eigenvalue weighted by molar-refractivity contribution is 5.69. The molecule has 0 aliphatic rings. The summed E-state index contributed by atoms with van der Waals surface area (Å²) in [5, 5.41) is 17.7. The topological polar surface area (TPSA) is 66.8 Å². The number of aliphatic hydroxyl groups excluding tert-OH is 2. The van der Waals surface area contributed by atoms with Crippen LogP contribution in [-0.4, -0.2) is 35.5 Å². The monoisotopic (exact) mass is 354 g/mol. The van der Waals surface area contributed by atoms with Crippen molar-refractivity contribution in [3.63, 3.8) is 0 Å². The van der Waals surface area contributed by atoms with Crippen molar-refractivity contribution in [1.82, 2.24) is 0 Å². The summed E-state index contributed by atoms with van der Waals surface area (Å²) >= 11 is 0. The zero-order valence-electron chi connectivity index (χ0n) is 16.0. The third-order valence-corrected chi connectivity index (χ3v) is 4.01. The third-order valence-electron chi connectivity index (χ3n) is 4.01. The van der Waals surface area contributed by atoms with Crippen LogP contribution >= 0.6 is 0 Å². The number of rotatable bonds is 17. The molecule has 0 radical (unpaired) electrons. The van der Waals surface area contributed by atoms with Gasteiger partial charge in [0.05, 0.1) is 6.61 Å². The molecule has 0 aliphatic heterocycles. The minimum atomic E-state index is -0.963. The highest BCUT2D eigenvalue weighted by Crippen LogP contribution is 2.09. The number of carbonyl (C=O) groups excluding carboxylic acids is 1. The Balaban J connectivity index is 3.29. The highest BCUT2D eigenvalue weighted by atomic mass is 16.5. The van der Waals surface area contributed by atoms with E-state index < -0.39 is 6.10 Å². The van der Waals surface area contributed by atoms with Crippen molar-refractivity contribution in [3.8, 4) is 0 Å². The number of allylic oxidation sites excluding steroid dienone is 4. The molecule has 2 N–H and O–H groups in total. The predicted molar refractivity (Wildman–Crippen MR) is 103 cm³/mol. The average molecular weight is 355 g/mol. The normalized spacial score (nSPS) is 12.9. The van der Waals surface area contributed by atoms with Crippen LogP contribution in [0.25, 0.3) is 0 Å². The van der Waals surface area contributed by atoms with Crippen molar-refractivity contribution >= 4 is 5.97 Å². The van der Waals surface area contributed by atoms with Crippen LogP contribution in [0.1, 0.15) is 84.0 Å². The standard InChI is InChI=1S/C21H38O4/c1-2-3-4-5-6-7-8-9-10-11-12-13-14-15-16-17-21(24)25-19-20(23)18-22/h6-9,20,22-23H,2-5,10-19H2,1H3/b7-6-,9-8+. The molecule has 0 bridgehead atoms. The maximum absolute atomic E-state index is 11.4. The molecule has 0 heterocycles. The van der Waals surface area contributed by atoms with E-state index in [0.717, 1.165) is 25.7 Å². The molecule has 146 valence electrons. The number of carbonyl (C=O) groups is 1. The summed E-state index contributed by atoms with van der Waals surface area (Å²) in [7, 11) is 0. The SMILES string of the molecule is CCCCC/C=C\C=C\CCCCCCCCC(=O)OCC(O)CO. The van der Waals surface area contributed by atoms with E-state index in [1.165, 1.54) is 44.9 Å². The van der Waals surface area contributed by atoms with Crippen LogP contribution in [0.2, 0.25) is 0 Å². The van der Waals surface area contributed by atoms with Gasteiger partial charge in [0, 0.05) is 6.42 Å². The van der Waals surface area contributed by atoms with E-state index in [1.54, 1.807) is 0 Å². The lowest BCUT2D eigenvalue weighted by Gasteiger charge is -2.08. The first-order valence-electron chi connectivity index (χ1n) is 9.97. The maximum Gasteiger partial charge on any atom is 0.305 e. The van der Waals surface area contributed by atoms with E-state index in [4.69, 9.17) is 14.9 Å². The lowest BCUT2D eigenvalue weighted by molar-refractivity contribution is -0.147. The van der Waals surface area contributed by atoms with Gasteiger partial charge in [0.1, 0.15) is 12.7 Å². The van der Waals surface area contributed by atoms with Crippen LogP contribution in [0.5, 0.6) is 0 Å². The number of esters is 1. The largest absolute Gasteiger partial charge is 0.463 e. The molecule has 0 aliphatic carbocycles. The van der Waals surface area contributed by atoms with Gasteiger partial charge in [-0.15, -0.1) is 0 Å². The number of ether oxygens (including phenoxy) is 1. The van der Waals surface area contributed by atoms with Crippen molar-refractivity contribution in [3.05, 3.63) is 24.3 Å². The fraction of sp³-hybridized carbons (Fsp3) is 0.762. The van der Waals surface area contributed by atoms with Gasteiger partial charge >= 0.3 is 5.97 Å². The van der Waals surface area contributed by atoms with Crippen molar-refractivity contribution in [2.24, 2.45) is 0 Å². The van der Waals surface area contributed by atoms with E-state index >= 15 is 0 Å². The molecule has 0 saturated heterocycles. The summed E-state index contributed by atoms with van der Waals surface area (Å²) in [6, 6.07) is 0. The van der Waals surface area contributed by atoms with Crippen LogP contribution < -0.4 is 0 Å². The van der Waals surface area contributed by atoms with Crippen LogP contribution in [0.15, 0.2) is 24.3 Å². The summed E-state index contributed by atoms with van der Waals surface area (Å²) in [6.45, 7) is 1.74. The number of aliphatic hydroxyl groups is 2. The van der Waals surface area contributed by atoms with Gasteiger partial charge in [0.2, 0.25) is 0 Å². The van der Waals surface area contributed by atoms with Gasteiger partial charge in [-0.1, -0.05) is 69.8 Å². The smallest absolute Gasteiger partial charge is 0.305 e. The third kappa shape index (κ3) is 19.0. The van der Waals surface area contributed by atoms with Gasteiger partial charge < -0.3 is 14.9 Å². The molecular weight excluding hydrogens is 316 g/mol. The second-order valence-corrected chi connectivity index (χ2v) is 6.53. The second kappa shape index (κ2) is 19.2. The van der Waals surface area contributed by atoms with Crippen molar-refractivity contribution < 1.29 is 19.7 Å². The van der Waals surface area contributed by atoms with E-state index in [0.29, 0.717) is 6.42 Å². The molecule has 4 heteroatoms. The Hall–Kier alpha value is -1.13. The molecule has 0 aromatic carbocycles. The Kier molecular flexibility index (Phi) is 18.3. The predicted octanol–water partition coefficient (Wildman–Crippen LogP) is 4.70. The first-order valence-corrected chi connectivity index (χ1v) is 9.97. The number of hydrogen-bond donors (Lipinski definition) is 2. The summed E-state index contributed by atoms with van der Waals surface area (Å²) in [6.07, 6.45) is 21.1. The van der Waals surface area contributed by atoms with Crippen LogP contribution in [-0.2, 0) is 9.53 Å². The van der Waals surface area contributed by atoms with E-state index in [-0.39, 0.29) is 19.2 Å². The number of hydrogen-bond acceptors (Lipinski definition) is 4. The fourth-order valence-corrected chi connectivity index (χ4v) is 2.41. The van der Waals surface area contributed by atoms with Gasteiger partial charge in [0.25, 0.3) is 0 Å². The van der Waals surface area contributed by atoms with Gasteiger partial charge in [0.15, 0.2) is 0 Å². The van der Waals surface area contributed by atoms with E-state index in [9.17, 15) is 4.79 Å². The molecule has 4 nitrogen and oxygen atoms in total. The van der Waals surface area contributed by atoms with Crippen molar-refractivity contribution in [1.29, 1.82) is 0 Å². The van der Waals surface area contributed by atoms with Crippen molar-refractivity contribution in [2.45, 2.75) is 90.1 Å². The van der Waals surface area contributed by atoms with Crippen LogP contribution in [0, 0.1) is 0 Å². The van der Waals surface area contributed by atoms with E-state index in [2.05, 4.69) is 31.2 Å². The zero-order chi connectivity index (χ0) is 18.6. The Morgan fingerprint density at radius 1 is 0.920 bits per heavy atom. The average Bonchev–Trinajstić information content (AvgIpc) is 2.62. The Labute approximate surface area is 154 Å². The van der Waals surface area contributed by atoms with Gasteiger partial charge in [-0.2, -0.15) is 0 Å². The van der Waals surface area contributed by atoms with Gasteiger partial charge in [-0.25, -0.2) is 0 Å². The first kappa shape index (κ1) is 23.9. The quantitative estimate of drug-likeness (QED) is 0.226. The van der Waals surface area contributed by atoms with Crippen molar-refractivity contribution in [2.75, 3.05) is 13.2 Å². The second-order valence-electron chi connectivity index (χ2n) is 6.53. The molecule has 0 amide bonds. The van der Waals surface area contributed by atoms with E-state index in [1.807, 2.05) is 0 Å². The molecule has 0 rings (SSSR count). The Bertz CT molecular complexity index is 350. The lowest BCUT2D eigenvalue weighted by atomic mass is 10.1. The molecule has 1 atom stereocenters. The molecule has 0 saturated carbocycles. The van der Waals surface area contributed by atoms with Gasteiger partial charge in [-0.3, -0.25) is 4.79 Å². The van der Waals surface area contributed by atoms with Crippen LogP contribution in [0.4, 0.5) is 0 Å². The Morgan fingerprint density at radius 2 is 1.48 bits per heavy atom. The molecule has 0 spiro atoms. The lowest BCUT2D eigenvalue weighted by Crippen LogP contribution is -2.21. The molecular formula is C21H38O4. The summed E-state index contributed by atoms with van der Waals surface area (Å²) < 4.78 is 4.85. The molecule has 0 aromatic heterocycles. The summed E-state index contributed by atoms with van der Waals surface area (Å²) in [5.41, 5.74) is 0. The van der Waals surface area contributed by atoms with Crippen LogP contribution in [0.3, 0.4) is 0 Å². The summed E-state index contributed by atoms with van der Waals surface area (Å²) in [4.78, 5) is 11.4.